The van der Waals surface area contributed by atoms with Gasteiger partial charge in [-0.3, -0.25) is 4.90 Å². The van der Waals surface area contributed by atoms with Crippen molar-refractivity contribution in [2.45, 2.75) is 12.8 Å². The van der Waals surface area contributed by atoms with E-state index in [-0.39, 0.29) is 0 Å². The second-order valence-electron chi connectivity index (χ2n) is 8.65. The summed E-state index contributed by atoms with van der Waals surface area (Å²) in [4.78, 5) is 9.33. The highest BCUT2D eigenvalue weighted by molar-refractivity contribution is 6.32. The molecule has 0 unspecified atom stereocenters. The normalized spacial score (nSPS) is 16.2. The second kappa shape index (κ2) is 11.6. The zero-order valence-corrected chi connectivity index (χ0v) is 20.9. The van der Waals surface area contributed by atoms with Crippen LogP contribution in [0, 0.1) is 0 Å². The van der Waals surface area contributed by atoms with E-state index >= 15 is 0 Å². The van der Waals surface area contributed by atoms with Gasteiger partial charge in [-0.2, -0.15) is 0 Å². The van der Waals surface area contributed by atoms with Crippen molar-refractivity contribution in [3.05, 3.63) is 100 Å². The fourth-order valence-corrected chi connectivity index (χ4v) is 4.55. The zero-order valence-electron chi connectivity index (χ0n) is 19.4. The van der Waals surface area contributed by atoms with Gasteiger partial charge in [0, 0.05) is 48.5 Å². The third kappa shape index (κ3) is 6.63. The molecule has 34 heavy (non-hydrogen) atoms. The van der Waals surface area contributed by atoms with Gasteiger partial charge in [0.05, 0.1) is 5.69 Å². The maximum absolute atomic E-state index is 6.59. The highest BCUT2D eigenvalue weighted by atomic mass is 35.5. The Morgan fingerprint density at radius 3 is 2.35 bits per heavy atom. The Kier molecular flexibility index (Phi) is 8.28. The molecule has 0 saturated carbocycles. The van der Waals surface area contributed by atoms with Crippen LogP contribution in [0.5, 0.6) is 0 Å². The first-order chi connectivity index (χ1) is 16.5. The molecular weight excluding hydrogens is 463 g/mol. The molecule has 0 spiro atoms. The number of hydrogen-bond acceptors (Lipinski definition) is 3. The molecule has 0 radical (unpaired) electrons. The molecule has 1 fully saturated rings. The first kappa shape index (κ1) is 24.3. The summed E-state index contributed by atoms with van der Waals surface area (Å²) in [5, 5.41) is 1.37. The van der Waals surface area contributed by atoms with Crippen molar-refractivity contribution in [3.8, 4) is 0 Å². The van der Waals surface area contributed by atoms with E-state index in [9.17, 15) is 0 Å². The predicted molar refractivity (Wildman–Crippen MR) is 147 cm³/mol. The maximum Gasteiger partial charge on any atom is 0.124 e. The second-order valence-corrected chi connectivity index (χ2v) is 9.50. The third-order valence-electron chi connectivity index (χ3n) is 6.14. The summed E-state index contributed by atoms with van der Waals surface area (Å²) in [7, 11) is 0. The van der Waals surface area contributed by atoms with Crippen molar-refractivity contribution in [3.63, 3.8) is 0 Å². The molecule has 1 saturated heterocycles. The lowest BCUT2D eigenvalue weighted by atomic mass is 10.0. The fraction of sp³-hybridized carbons (Fsp3) is 0.250. The lowest BCUT2D eigenvalue weighted by molar-refractivity contribution is 0.246. The lowest BCUT2D eigenvalue weighted by Crippen LogP contribution is -2.47. The number of benzene rings is 3. The predicted octanol–water partition coefficient (Wildman–Crippen LogP) is 6.62. The number of nitrogens with two attached hydrogens (primary N) is 1. The number of hydrogen-bond donors (Lipinski definition) is 1. The summed E-state index contributed by atoms with van der Waals surface area (Å²) < 4.78 is 0. The lowest BCUT2D eigenvalue weighted by Gasteiger charge is -2.37. The van der Waals surface area contributed by atoms with Gasteiger partial charge >= 0.3 is 0 Å². The van der Waals surface area contributed by atoms with Crippen LogP contribution in [-0.4, -0.2) is 43.5 Å². The highest BCUT2D eigenvalue weighted by Gasteiger charge is 2.19. The largest absolute Gasteiger partial charge is 0.384 e. The molecule has 6 heteroatoms. The van der Waals surface area contributed by atoms with E-state index in [0.717, 1.165) is 49.7 Å². The van der Waals surface area contributed by atoms with Gasteiger partial charge in [-0.25, -0.2) is 4.99 Å². The molecule has 4 rings (SSSR count). The van der Waals surface area contributed by atoms with Crippen LogP contribution in [0.2, 0.25) is 10.0 Å². The molecule has 0 aliphatic carbocycles. The molecule has 3 aromatic rings. The summed E-state index contributed by atoms with van der Waals surface area (Å²) >= 11 is 12.5. The van der Waals surface area contributed by atoms with Crippen LogP contribution in [0.3, 0.4) is 0 Å². The van der Waals surface area contributed by atoms with Crippen LogP contribution in [0.25, 0.3) is 6.08 Å². The molecule has 2 N–H and O–H groups in total. The van der Waals surface area contributed by atoms with Crippen molar-refractivity contribution in [1.82, 2.24) is 4.90 Å². The molecule has 4 nitrogen and oxygen atoms in total. The van der Waals surface area contributed by atoms with Crippen molar-refractivity contribution >= 4 is 46.5 Å². The van der Waals surface area contributed by atoms with Crippen LogP contribution in [-0.2, 0) is 0 Å². The Labute approximate surface area is 212 Å². The minimum Gasteiger partial charge on any atom is -0.384 e. The van der Waals surface area contributed by atoms with Crippen LogP contribution >= 0.6 is 23.2 Å². The van der Waals surface area contributed by atoms with E-state index in [1.54, 1.807) is 18.2 Å². The van der Waals surface area contributed by atoms with Gasteiger partial charge in [0.15, 0.2) is 0 Å². The standard InChI is InChI=1S/C28H30Cl2N4/c1-21(22-5-3-2-4-6-22)20-33-15-17-34(18-16-33)26-13-7-23(27(30)19-26)8-14-28(31)32-25-11-9-24(29)10-12-25/h2-14,19,21H,15-18,20H2,1H3,(H2,31,32)/b14-8+/t21-/m1/s1. The Morgan fingerprint density at radius 2 is 1.68 bits per heavy atom. The molecule has 176 valence electrons. The number of anilines is 1. The molecule has 0 amide bonds. The summed E-state index contributed by atoms with van der Waals surface area (Å²) in [5.74, 6) is 0.937. The monoisotopic (exact) mass is 492 g/mol. The smallest absolute Gasteiger partial charge is 0.124 e. The maximum atomic E-state index is 6.59. The Hall–Kier alpha value is -2.79. The van der Waals surface area contributed by atoms with E-state index in [1.165, 1.54) is 5.56 Å². The van der Waals surface area contributed by atoms with Gasteiger partial charge < -0.3 is 10.6 Å². The van der Waals surface area contributed by atoms with Gasteiger partial charge in [0.2, 0.25) is 0 Å². The molecule has 3 aromatic carbocycles. The first-order valence-corrected chi connectivity index (χ1v) is 12.3. The fourth-order valence-electron chi connectivity index (χ4n) is 4.19. The summed E-state index contributed by atoms with van der Waals surface area (Å²) in [6.07, 6.45) is 3.66. The quantitative estimate of drug-likeness (QED) is 0.297. The molecule has 1 atom stereocenters. The molecule has 1 heterocycles. The van der Waals surface area contributed by atoms with Gasteiger partial charge in [0.1, 0.15) is 5.84 Å². The average molecular weight is 493 g/mol. The van der Waals surface area contributed by atoms with E-state index in [1.807, 2.05) is 30.3 Å². The van der Waals surface area contributed by atoms with E-state index in [0.29, 0.717) is 21.8 Å². The van der Waals surface area contributed by atoms with Crippen molar-refractivity contribution in [2.75, 3.05) is 37.6 Å². The number of amidine groups is 1. The number of rotatable bonds is 7. The summed E-state index contributed by atoms with van der Waals surface area (Å²) in [6, 6.07) is 24.2. The van der Waals surface area contributed by atoms with Crippen LogP contribution in [0.1, 0.15) is 24.0 Å². The minimum absolute atomic E-state index is 0.406. The van der Waals surface area contributed by atoms with Crippen molar-refractivity contribution < 1.29 is 0 Å². The zero-order chi connectivity index (χ0) is 23.9. The number of piperazine rings is 1. The van der Waals surface area contributed by atoms with Gasteiger partial charge in [-0.15, -0.1) is 0 Å². The van der Waals surface area contributed by atoms with Crippen LogP contribution in [0.15, 0.2) is 83.9 Å². The minimum atomic E-state index is 0.406. The number of aliphatic imine (C=N–C) groups is 1. The third-order valence-corrected chi connectivity index (χ3v) is 6.72. The molecule has 0 aromatic heterocycles. The topological polar surface area (TPSA) is 44.9 Å². The number of nitrogens with zero attached hydrogens (tertiary/aromatic N) is 3. The SMILES string of the molecule is C[C@H](CN1CCN(c2ccc(/C=C/C(N)=Nc3ccc(Cl)cc3)c(Cl)c2)CC1)c1ccccc1. The Balaban J connectivity index is 1.32. The molecule has 1 aliphatic heterocycles. The van der Waals surface area contributed by atoms with Crippen LogP contribution < -0.4 is 10.6 Å². The summed E-state index contributed by atoms with van der Waals surface area (Å²) in [5.41, 5.74) is 10.3. The van der Waals surface area contributed by atoms with Crippen molar-refractivity contribution in [1.29, 1.82) is 0 Å². The van der Waals surface area contributed by atoms with E-state index < -0.39 is 0 Å². The van der Waals surface area contributed by atoms with E-state index in [4.69, 9.17) is 28.9 Å². The Bertz CT molecular complexity index is 1130. The van der Waals surface area contributed by atoms with Crippen LogP contribution in [0.4, 0.5) is 11.4 Å². The van der Waals surface area contributed by atoms with Gasteiger partial charge in [-0.1, -0.05) is 66.5 Å². The molecular formula is C28H30Cl2N4. The van der Waals surface area contributed by atoms with Crippen molar-refractivity contribution in [2.24, 2.45) is 10.7 Å². The number of halogens is 2. The van der Waals surface area contributed by atoms with E-state index in [2.05, 4.69) is 58.1 Å². The summed E-state index contributed by atoms with van der Waals surface area (Å²) in [6.45, 7) is 7.48. The average Bonchev–Trinajstić information content (AvgIpc) is 2.85. The van der Waals surface area contributed by atoms with Gasteiger partial charge in [-0.05, 0) is 65.6 Å². The highest BCUT2D eigenvalue weighted by Crippen LogP contribution is 2.26. The molecule has 0 bridgehead atoms. The molecule has 1 aliphatic rings. The first-order valence-electron chi connectivity index (χ1n) is 11.6. The van der Waals surface area contributed by atoms with Gasteiger partial charge in [0.25, 0.3) is 0 Å². The Morgan fingerprint density at radius 1 is 0.971 bits per heavy atom.